The summed E-state index contributed by atoms with van der Waals surface area (Å²) in [6.45, 7) is 2.62. The molecule has 1 atom stereocenters. The third-order valence-corrected chi connectivity index (χ3v) is 5.03. The van der Waals surface area contributed by atoms with Gasteiger partial charge in [-0.1, -0.05) is 12.1 Å². The van der Waals surface area contributed by atoms with E-state index >= 15 is 0 Å². The number of rotatable bonds is 6. The van der Waals surface area contributed by atoms with Crippen LogP contribution in [0.15, 0.2) is 47.1 Å². The molecule has 4 rings (SSSR count). The Bertz CT molecular complexity index is 1080. The maximum absolute atomic E-state index is 12.6. The van der Waals surface area contributed by atoms with Crippen LogP contribution in [-0.4, -0.2) is 47.9 Å². The monoisotopic (exact) mass is 409 g/mol. The second kappa shape index (κ2) is 8.44. The number of aromatic nitrogens is 1. The maximum Gasteiger partial charge on any atom is 0.275 e. The highest BCUT2D eigenvalue weighted by atomic mass is 16.5. The molecule has 0 aliphatic carbocycles. The Morgan fingerprint density at radius 1 is 1.20 bits per heavy atom. The van der Waals surface area contributed by atoms with Crippen molar-refractivity contribution >= 4 is 22.6 Å². The van der Waals surface area contributed by atoms with Crippen molar-refractivity contribution in [3.8, 4) is 11.5 Å². The second-order valence-corrected chi connectivity index (χ2v) is 7.23. The molecule has 1 fully saturated rings. The van der Waals surface area contributed by atoms with Gasteiger partial charge in [0.15, 0.2) is 12.3 Å². The quantitative estimate of drug-likeness (QED) is 0.673. The van der Waals surface area contributed by atoms with Gasteiger partial charge in [-0.25, -0.2) is 4.98 Å². The molecule has 1 aliphatic heterocycles. The summed E-state index contributed by atoms with van der Waals surface area (Å²) >= 11 is 0. The van der Waals surface area contributed by atoms with E-state index in [0.29, 0.717) is 24.7 Å². The summed E-state index contributed by atoms with van der Waals surface area (Å²) in [6, 6.07) is 11.6. The van der Waals surface area contributed by atoms with Crippen molar-refractivity contribution in [3.05, 3.63) is 54.2 Å². The minimum absolute atomic E-state index is 0.0207. The van der Waals surface area contributed by atoms with Crippen LogP contribution < -0.4 is 14.8 Å². The Hall–Kier alpha value is -3.55. The number of carbonyl (C=O) groups excluding carboxylic acids is 2. The first-order valence-electron chi connectivity index (χ1n) is 9.73. The summed E-state index contributed by atoms with van der Waals surface area (Å²) in [5.41, 5.74) is 0.236. The summed E-state index contributed by atoms with van der Waals surface area (Å²) in [5, 5.41) is 4.91. The fraction of sp³-hybridized carbons (Fsp3) is 0.318. The fourth-order valence-electron chi connectivity index (χ4n) is 3.55. The van der Waals surface area contributed by atoms with Gasteiger partial charge in [0.05, 0.1) is 7.11 Å². The lowest BCUT2D eigenvalue weighted by atomic mass is 10.1. The Balaban J connectivity index is 1.37. The Kier molecular flexibility index (Phi) is 5.56. The minimum Gasteiger partial charge on any atom is -0.497 e. The Labute approximate surface area is 173 Å². The summed E-state index contributed by atoms with van der Waals surface area (Å²) < 4.78 is 16.5. The minimum atomic E-state index is -0.212. The number of methoxy groups -OCH3 is 1. The van der Waals surface area contributed by atoms with Gasteiger partial charge in [0.25, 0.3) is 5.91 Å². The molecule has 2 aromatic carbocycles. The molecule has 8 nitrogen and oxygen atoms in total. The predicted octanol–water partition coefficient (Wildman–Crippen LogP) is 2.77. The molecule has 0 saturated carbocycles. The number of amides is 2. The molecule has 8 heteroatoms. The van der Waals surface area contributed by atoms with Crippen LogP contribution in [0.3, 0.4) is 0 Å². The Morgan fingerprint density at radius 3 is 2.73 bits per heavy atom. The van der Waals surface area contributed by atoms with E-state index < -0.39 is 0 Å². The third-order valence-electron chi connectivity index (χ3n) is 5.03. The topological polar surface area (TPSA) is 93.9 Å². The number of carbonyl (C=O) groups is 2. The molecule has 1 aliphatic rings. The Morgan fingerprint density at radius 2 is 1.97 bits per heavy atom. The molecule has 2 heterocycles. The van der Waals surface area contributed by atoms with Crippen molar-refractivity contribution in [2.24, 2.45) is 0 Å². The van der Waals surface area contributed by atoms with Gasteiger partial charge in [-0.05, 0) is 41.5 Å². The van der Waals surface area contributed by atoms with Crippen LogP contribution in [0.1, 0.15) is 29.7 Å². The molecule has 3 aromatic rings. The van der Waals surface area contributed by atoms with Gasteiger partial charge in [0.1, 0.15) is 17.8 Å². The zero-order valence-electron chi connectivity index (χ0n) is 16.9. The number of hydrogen-bond acceptors (Lipinski definition) is 6. The van der Waals surface area contributed by atoms with Crippen molar-refractivity contribution in [2.45, 2.75) is 26.0 Å². The van der Waals surface area contributed by atoms with Gasteiger partial charge in [0, 0.05) is 26.1 Å². The molecule has 0 spiro atoms. The predicted molar refractivity (Wildman–Crippen MR) is 109 cm³/mol. The number of oxazole rings is 1. The second-order valence-electron chi connectivity index (χ2n) is 7.23. The lowest BCUT2D eigenvalue weighted by Gasteiger charge is -2.15. The van der Waals surface area contributed by atoms with Crippen LogP contribution in [0, 0.1) is 0 Å². The zero-order valence-corrected chi connectivity index (χ0v) is 16.9. The van der Waals surface area contributed by atoms with Gasteiger partial charge in [-0.3, -0.25) is 9.59 Å². The molecular formula is C22H23N3O5. The van der Waals surface area contributed by atoms with Gasteiger partial charge in [-0.2, -0.15) is 0 Å². The van der Waals surface area contributed by atoms with E-state index in [4.69, 9.17) is 13.9 Å². The summed E-state index contributed by atoms with van der Waals surface area (Å²) in [6.07, 6.45) is 2.07. The van der Waals surface area contributed by atoms with E-state index in [9.17, 15) is 9.59 Å². The van der Waals surface area contributed by atoms with Gasteiger partial charge >= 0.3 is 0 Å². The summed E-state index contributed by atoms with van der Waals surface area (Å²) in [4.78, 5) is 29.7. The number of benzene rings is 2. The van der Waals surface area contributed by atoms with Gasteiger partial charge in [-0.15, -0.1) is 0 Å². The molecule has 30 heavy (non-hydrogen) atoms. The molecule has 1 aromatic heterocycles. The molecule has 156 valence electrons. The SMILES string of the molecule is COc1ccc2ccc(OCc3nc(C(=O)N4CCC(NC(C)=O)C4)co3)cc2c1. The van der Waals surface area contributed by atoms with Crippen molar-refractivity contribution in [1.82, 2.24) is 15.2 Å². The molecule has 0 radical (unpaired) electrons. The smallest absolute Gasteiger partial charge is 0.275 e. The van der Waals surface area contributed by atoms with E-state index in [0.717, 1.165) is 22.9 Å². The molecule has 1 unspecified atom stereocenters. The van der Waals surface area contributed by atoms with Crippen molar-refractivity contribution in [1.29, 1.82) is 0 Å². The lowest BCUT2D eigenvalue weighted by Crippen LogP contribution is -2.37. The zero-order chi connectivity index (χ0) is 21.1. The number of hydrogen-bond donors (Lipinski definition) is 1. The number of ether oxygens (including phenoxy) is 2. The molecule has 1 saturated heterocycles. The van der Waals surface area contributed by atoms with Crippen molar-refractivity contribution < 1.29 is 23.5 Å². The third kappa shape index (κ3) is 4.37. The fourth-order valence-corrected chi connectivity index (χ4v) is 3.55. The molecule has 1 N–H and O–H groups in total. The first-order valence-corrected chi connectivity index (χ1v) is 9.73. The first kappa shape index (κ1) is 19.8. The standard InChI is InChI=1S/C22H23N3O5/c1-14(26)23-17-7-8-25(11-17)22(27)20-12-30-21(24-20)13-29-19-6-4-15-3-5-18(28-2)9-16(15)10-19/h3-6,9-10,12,17H,7-8,11,13H2,1-2H3,(H,23,26). The highest BCUT2D eigenvalue weighted by Gasteiger charge is 2.29. The number of fused-ring (bicyclic) bond motifs is 1. The van der Waals surface area contributed by atoms with E-state index in [-0.39, 0.29) is 30.2 Å². The molecule has 0 bridgehead atoms. The van der Waals surface area contributed by atoms with E-state index in [1.54, 1.807) is 12.0 Å². The number of nitrogens with zero attached hydrogens (tertiary/aromatic N) is 2. The van der Waals surface area contributed by atoms with Crippen LogP contribution >= 0.6 is 0 Å². The maximum atomic E-state index is 12.6. The van der Waals surface area contributed by atoms with Crippen LogP contribution in [0.5, 0.6) is 11.5 Å². The first-order chi connectivity index (χ1) is 14.5. The van der Waals surface area contributed by atoms with Crippen LogP contribution in [-0.2, 0) is 11.4 Å². The van der Waals surface area contributed by atoms with Gasteiger partial charge in [0.2, 0.25) is 11.8 Å². The van der Waals surface area contributed by atoms with Crippen LogP contribution in [0.2, 0.25) is 0 Å². The van der Waals surface area contributed by atoms with E-state index in [2.05, 4.69) is 10.3 Å². The summed E-state index contributed by atoms with van der Waals surface area (Å²) in [7, 11) is 1.63. The van der Waals surface area contributed by atoms with E-state index in [1.807, 2.05) is 36.4 Å². The number of nitrogens with one attached hydrogen (secondary N) is 1. The average molecular weight is 409 g/mol. The highest BCUT2D eigenvalue weighted by Crippen LogP contribution is 2.25. The average Bonchev–Trinajstić information content (AvgIpc) is 3.40. The molecular weight excluding hydrogens is 386 g/mol. The lowest BCUT2D eigenvalue weighted by molar-refractivity contribution is -0.119. The number of likely N-dealkylation sites (tertiary alicyclic amines) is 1. The van der Waals surface area contributed by atoms with E-state index in [1.165, 1.54) is 13.2 Å². The highest BCUT2D eigenvalue weighted by molar-refractivity contribution is 5.92. The normalized spacial score (nSPS) is 15.9. The molecule has 2 amide bonds. The van der Waals surface area contributed by atoms with Crippen LogP contribution in [0.25, 0.3) is 10.8 Å². The summed E-state index contributed by atoms with van der Waals surface area (Å²) in [5.74, 6) is 1.46. The van der Waals surface area contributed by atoms with Gasteiger partial charge < -0.3 is 24.1 Å². The van der Waals surface area contributed by atoms with Crippen molar-refractivity contribution in [3.63, 3.8) is 0 Å². The largest absolute Gasteiger partial charge is 0.497 e. The van der Waals surface area contributed by atoms with Crippen molar-refractivity contribution in [2.75, 3.05) is 20.2 Å². The van der Waals surface area contributed by atoms with Crippen LogP contribution in [0.4, 0.5) is 0 Å².